The first-order valence-corrected chi connectivity index (χ1v) is 11.7. The number of H-pyrrole nitrogens is 1. The number of rotatable bonds is 4. The number of aromatic amines is 1. The fourth-order valence-corrected chi connectivity index (χ4v) is 4.51. The Balaban J connectivity index is 1.56. The molecule has 1 fully saturated rings. The molecule has 1 aromatic carbocycles. The highest BCUT2D eigenvalue weighted by Gasteiger charge is 2.19. The largest absolute Gasteiger partial charge is 0.381 e. The maximum absolute atomic E-state index is 12.0. The molecule has 0 amide bonds. The van der Waals surface area contributed by atoms with Crippen molar-refractivity contribution in [1.29, 1.82) is 0 Å². The van der Waals surface area contributed by atoms with Crippen molar-refractivity contribution in [1.82, 2.24) is 25.0 Å². The quantitative estimate of drug-likeness (QED) is 0.515. The van der Waals surface area contributed by atoms with Gasteiger partial charge in [0.25, 0.3) is 0 Å². The zero-order chi connectivity index (χ0) is 20.9. The van der Waals surface area contributed by atoms with Gasteiger partial charge in [-0.05, 0) is 38.0 Å². The molecular formula is C20H22N6O3S. The number of nitrogens with one attached hydrogen (secondary N) is 2. The number of hydrogen-bond acceptors (Lipinski definition) is 7. The molecule has 0 spiro atoms. The van der Waals surface area contributed by atoms with Crippen LogP contribution in [0.1, 0.15) is 24.6 Å². The summed E-state index contributed by atoms with van der Waals surface area (Å²) >= 11 is 0. The molecule has 1 aliphatic rings. The fourth-order valence-electron chi connectivity index (χ4n) is 3.87. The van der Waals surface area contributed by atoms with Gasteiger partial charge in [0.2, 0.25) is 0 Å². The van der Waals surface area contributed by atoms with Gasteiger partial charge < -0.3 is 10.1 Å². The van der Waals surface area contributed by atoms with E-state index in [1.54, 1.807) is 24.4 Å². The molecule has 4 heterocycles. The molecule has 0 saturated carbocycles. The second-order valence-corrected chi connectivity index (χ2v) is 9.66. The van der Waals surface area contributed by atoms with Gasteiger partial charge in [-0.25, -0.2) is 13.4 Å². The first kappa shape index (κ1) is 19.0. The van der Waals surface area contributed by atoms with Gasteiger partial charge in [0.1, 0.15) is 5.52 Å². The Morgan fingerprint density at radius 1 is 1.23 bits per heavy atom. The number of aryl methyl sites for hydroxylation is 1. The lowest BCUT2D eigenvalue weighted by atomic mass is 10.1. The van der Waals surface area contributed by atoms with Crippen molar-refractivity contribution in [3.63, 3.8) is 0 Å². The Kier molecular flexibility index (Phi) is 4.48. The molecule has 30 heavy (non-hydrogen) atoms. The maximum Gasteiger partial charge on any atom is 0.175 e. The van der Waals surface area contributed by atoms with Crippen LogP contribution in [-0.4, -0.2) is 52.8 Å². The minimum absolute atomic E-state index is 0.258. The summed E-state index contributed by atoms with van der Waals surface area (Å²) in [4.78, 5) is 4.98. The summed E-state index contributed by atoms with van der Waals surface area (Å²) in [5.41, 5.74) is 3.15. The SMILES string of the molecule is Cc1nn(C2CCOCC2)cc1Nc1nc2ccc(S(C)(=O)=O)cc2c2cn[nH]c12. The Morgan fingerprint density at radius 3 is 2.80 bits per heavy atom. The molecule has 3 aromatic heterocycles. The van der Waals surface area contributed by atoms with E-state index < -0.39 is 9.84 Å². The number of sulfone groups is 1. The summed E-state index contributed by atoms with van der Waals surface area (Å²) in [5.74, 6) is 0.622. The highest BCUT2D eigenvalue weighted by molar-refractivity contribution is 7.90. The van der Waals surface area contributed by atoms with E-state index in [0.29, 0.717) is 22.9 Å². The Labute approximate surface area is 173 Å². The van der Waals surface area contributed by atoms with E-state index in [-0.39, 0.29) is 4.90 Å². The van der Waals surface area contributed by atoms with Crippen molar-refractivity contribution < 1.29 is 13.2 Å². The molecule has 1 saturated heterocycles. The van der Waals surface area contributed by atoms with Crippen molar-refractivity contribution in [3.05, 3.63) is 36.3 Å². The number of benzene rings is 1. The van der Waals surface area contributed by atoms with Gasteiger partial charge in [-0.1, -0.05) is 0 Å². The van der Waals surface area contributed by atoms with Crippen LogP contribution in [0.15, 0.2) is 35.5 Å². The van der Waals surface area contributed by atoms with E-state index >= 15 is 0 Å². The number of hydrogen-bond donors (Lipinski definition) is 2. The minimum Gasteiger partial charge on any atom is -0.381 e. The van der Waals surface area contributed by atoms with Crippen LogP contribution in [-0.2, 0) is 14.6 Å². The molecule has 10 heteroatoms. The van der Waals surface area contributed by atoms with Crippen LogP contribution >= 0.6 is 0 Å². The fraction of sp³-hybridized carbons (Fsp3) is 0.350. The van der Waals surface area contributed by atoms with Gasteiger partial charge in [0, 0.05) is 36.4 Å². The van der Waals surface area contributed by atoms with Crippen molar-refractivity contribution in [2.75, 3.05) is 24.8 Å². The summed E-state index contributed by atoms with van der Waals surface area (Å²) in [5, 5.41) is 16.7. The molecule has 0 aliphatic carbocycles. The van der Waals surface area contributed by atoms with E-state index in [2.05, 4.69) is 20.6 Å². The average Bonchev–Trinajstić information content (AvgIpc) is 3.35. The standard InChI is InChI=1S/C20H22N6O3S/c1-12-18(11-26(25-12)13-5-7-29-8-6-13)23-20-19-16(10-21-24-19)15-9-14(30(2,27)28)3-4-17(15)22-20/h3-4,9-11,13H,5-8H2,1-2H3,(H,21,24)(H,22,23). The normalized spacial score (nSPS) is 15.8. The van der Waals surface area contributed by atoms with Gasteiger partial charge in [-0.2, -0.15) is 10.2 Å². The molecule has 0 unspecified atom stereocenters. The van der Waals surface area contributed by atoms with Crippen molar-refractivity contribution in [3.8, 4) is 0 Å². The zero-order valence-electron chi connectivity index (χ0n) is 16.7. The number of pyridine rings is 1. The molecule has 2 N–H and O–H groups in total. The third kappa shape index (κ3) is 3.31. The Morgan fingerprint density at radius 2 is 2.03 bits per heavy atom. The molecule has 4 aromatic rings. The molecule has 5 rings (SSSR count). The predicted molar refractivity (Wildman–Crippen MR) is 114 cm³/mol. The smallest absolute Gasteiger partial charge is 0.175 e. The summed E-state index contributed by atoms with van der Waals surface area (Å²) in [6.45, 7) is 3.47. The lowest BCUT2D eigenvalue weighted by molar-refractivity contribution is 0.0662. The number of fused-ring (bicyclic) bond motifs is 3. The van der Waals surface area contributed by atoms with Crippen LogP contribution < -0.4 is 5.32 Å². The molecule has 0 atom stereocenters. The number of nitrogens with zero attached hydrogens (tertiary/aromatic N) is 4. The van der Waals surface area contributed by atoms with E-state index in [1.807, 2.05) is 17.8 Å². The molecular weight excluding hydrogens is 404 g/mol. The highest BCUT2D eigenvalue weighted by atomic mass is 32.2. The highest BCUT2D eigenvalue weighted by Crippen LogP contribution is 2.32. The molecule has 1 aliphatic heterocycles. The van der Waals surface area contributed by atoms with Crippen molar-refractivity contribution in [2.24, 2.45) is 0 Å². The average molecular weight is 427 g/mol. The van der Waals surface area contributed by atoms with E-state index in [4.69, 9.17) is 9.72 Å². The van der Waals surface area contributed by atoms with E-state index in [9.17, 15) is 8.42 Å². The van der Waals surface area contributed by atoms with Crippen LogP contribution in [0.5, 0.6) is 0 Å². The van der Waals surface area contributed by atoms with Gasteiger partial charge in [-0.15, -0.1) is 0 Å². The van der Waals surface area contributed by atoms with Gasteiger partial charge >= 0.3 is 0 Å². The third-order valence-electron chi connectivity index (χ3n) is 5.53. The first-order valence-electron chi connectivity index (χ1n) is 9.77. The summed E-state index contributed by atoms with van der Waals surface area (Å²) in [6, 6.07) is 5.28. The van der Waals surface area contributed by atoms with Gasteiger partial charge in [0.05, 0.1) is 34.0 Å². The second-order valence-electron chi connectivity index (χ2n) is 7.65. The Bertz CT molecular complexity index is 1350. The minimum atomic E-state index is -3.31. The molecule has 0 radical (unpaired) electrons. The monoisotopic (exact) mass is 426 g/mol. The summed E-state index contributed by atoms with van der Waals surface area (Å²) in [6.07, 6.45) is 6.79. The van der Waals surface area contributed by atoms with Crippen LogP contribution in [0.25, 0.3) is 21.8 Å². The number of aromatic nitrogens is 5. The lowest BCUT2D eigenvalue weighted by Crippen LogP contribution is -2.19. The topological polar surface area (TPSA) is 115 Å². The van der Waals surface area contributed by atoms with Crippen LogP contribution in [0, 0.1) is 6.92 Å². The van der Waals surface area contributed by atoms with E-state index in [1.165, 1.54) is 6.26 Å². The van der Waals surface area contributed by atoms with E-state index in [0.717, 1.165) is 48.2 Å². The number of anilines is 2. The third-order valence-corrected chi connectivity index (χ3v) is 6.64. The van der Waals surface area contributed by atoms with Crippen LogP contribution in [0.4, 0.5) is 11.5 Å². The first-order chi connectivity index (χ1) is 14.4. The zero-order valence-corrected chi connectivity index (χ0v) is 17.5. The maximum atomic E-state index is 12.0. The molecule has 0 bridgehead atoms. The lowest BCUT2D eigenvalue weighted by Gasteiger charge is -2.22. The summed E-state index contributed by atoms with van der Waals surface area (Å²) < 4.78 is 31.4. The van der Waals surface area contributed by atoms with Crippen LogP contribution in [0.2, 0.25) is 0 Å². The van der Waals surface area contributed by atoms with Crippen LogP contribution in [0.3, 0.4) is 0 Å². The number of ether oxygens (including phenoxy) is 1. The summed E-state index contributed by atoms with van der Waals surface area (Å²) in [7, 11) is -3.31. The second kappa shape index (κ2) is 7.06. The molecule has 156 valence electrons. The molecule has 9 nitrogen and oxygen atoms in total. The van der Waals surface area contributed by atoms with Crippen molar-refractivity contribution >= 4 is 43.1 Å². The predicted octanol–water partition coefficient (Wildman–Crippen LogP) is 3.11. The van der Waals surface area contributed by atoms with Gasteiger partial charge in [0.15, 0.2) is 15.7 Å². The van der Waals surface area contributed by atoms with Gasteiger partial charge in [-0.3, -0.25) is 9.78 Å². The van der Waals surface area contributed by atoms with Crippen molar-refractivity contribution in [2.45, 2.75) is 30.7 Å². The Hall–Kier alpha value is -2.98.